The van der Waals surface area contributed by atoms with Gasteiger partial charge < -0.3 is 9.64 Å². The number of aromatic nitrogens is 4. The smallest absolute Gasteiger partial charge is 0.240 e. The Morgan fingerprint density at radius 1 is 0.941 bits per heavy atom. The normalized spacial score (nSPS) is 14.6. The Labute approximate surface area is 202 Å². The van der Waals surface area contributed by atoms with Crippen molar-refractivity contribution in [2.75, 3.05) is 26.3 Å². The van der Waals surface area contributed by atoms with Gasteiger partial charge in [-0.1, -0.05) is 72.4 Å². The largest absolute Gasteiger partial charge is 0.378 e. The highest BCUT2D eigenvalue weighted by Gasteiger charge is 2.30. The van der Waals surface area contributed by atoms with Crippen molar-refractivity contribution in [3.63, 3.8) is 0 Å². The standard InChI is InChI=1S/C26H25N5O2S/c32-25(30-14-16-33-17-15-30)23(21-10-5-2-6-11-21)34-26-29-28-24(22-12-7-13-27-18-22)31(26)19-20-8-3-1-4-9-20/h1-13,18,23H,14-17,19H2. The Bertz CT molecular complexity index is 1210. The highest BCUT2D eigenvalue weighted by atomic mass is 32.2. The van der Waals surface area contributed by atoms with Crippen LogP contribution in [0.5, 0.6) is 0 Å². The second kappa shape index (κ2) is 10.6. The van der Waals surface area contributed by atoms with Crippen LogP contribution in [0.1, 0.15) is 16.4 Å². The molecule has 1 aliphatic heterocycles. The van der Waals surface area contributed by atoms with Gasteiger partial charge in [-0.05, 0) is 23.3 Å². The van der Waals surface area contributed by atoms with E-state index in [-0.39, 0.29) is 5.91 Å². The lowest BCUT2D eigenvalue weighted by atomic mass is 10.1. The molecule has 0 spiro atoms. The number of carbonyl (C=O) groups excluding carboxylic acids is 1. The van der Waals surface area contributed by atoms with Crippen molar-refractivity contribution in [3.8, 4) is 11.4 Å². The number of morpholine rings is 1. The molecule has 1 fully saturated rings. The number of ether oxygens (including phenoxy) is 1. The van der Waals surface area contributed by atoms with Crippen molar-refractivity contribution in [2.24, 2.45) is 0 Å². The van der Waals surface area contributed by atoms with Crippen LogP contribution in [0, 0.1) is 0 Å². The lowest BCUT2D eigenvalue weighted by Crippen LogP contribution is -2.42. The summed E-state index contributed by atoms with van der Waals surface area (Å²) in [5, 5.41) is 9.30. The van der Waals surface area contributed by atoms with Gasteiger partial charge in [0.05, 0.1) is 19.8 Å². The highest BCUT2D eigenvalue weighted by molar-refractivity contribution is 8.00. The van der Waals surface area contributed by atoms with Crippen LogP contribution in [-0.2, 0) is 16.1 Å². The minimum Gasteiger partial charge on any atom is -0.378 e. The van der Waals surface area contributed by atoms with Crippen LogP contribution in [0.3, 0.4) is 0 Å². The minimum atomic E-state index is -0.431. The van der Waals surface area contributed by atoms with Crippen LogP contribution < -0.4 is 0 Å². The van der Waals surface area contributed by atoms with Crippen LogP contribution in [0.15, 0.2) is 90.3 Å². The van der Waals surface area contributed by atoms with Crippen LogP contribution in [-0.4, -0.2) is 56.9 Å². The van der Waals surface area contributed by atoms with E-state index in [0.717, 1.165) is 22.5 Å². The SMILES string of the molecule is O=C(C(Sc1nnc(-c2cccnc2)n1Cc1ccccc1)c1ccccc1)N1CCOCC1. The van der Waals surface area contributed by atoms with Crippen molar-refractivity contribution in [1.82, 2.24) is 24.6 Å². The van der Waals surface area contributed by atoms with Crippen LogP contribution >= 0.6 is 11.8 Å². The van der Waals surface area contributed by atoms with E-state index in [1.165, 1.54) is 11.8 Å². The molecule has 0 radical (unpaired) electrons. The van der Waals surface area contributed by atoms with E-state index in [1.54, 1.807) is 12.4 Å². The van der Waals surface area contributed by atoms with Gasteiger partial charge in [0.15, 0.2) is 11.0 Å². The summed E-state index contributed by atoms with van der Waals surface area (Å²) >= 11 is 1.44. The maximum atomic E-state index is 13.6. The van der Waals surface area contributed by atoms with E-state index in [4.69, 9.17) is 4.74 Å². The lowest BCUT2D eigenvalue weighted by Gasteiger charge is -2.30. The Kier molecular flexibility index (Phi) is 6.97. The van der Waals surface area contributed by atoms with Gasteiger partial charge in [-0.3, -0.25) is 14.3 Å². The van der Waals surface area contributed by atoms with Crippen molar-refractivity contribution < 1.29 is 9.53 Å². The van der Waals surface area contributed by atoms with Crippen molar-refractivity contribution in [3.05, 3.63) is 96.3 Å². The van der Waals surface area contributed by atoms with Gasteiger partial charge in [0.1, 0.15) is 5.25 Å². The summed E-state index contributed by atoms with van der Waals surface area (Å²) in [4.78, 5) is 19.8. The molecule has 3 heterocycles. The molecule has 2 aromatic heterocycles. The molecule has 2 aromatic carbocycles. The van der Waals surface area contributed by atoms with Crippen molar-refractivity contribution >= 4 is 17.7 Å². The maximum Gasteiger partial charge on any atom is 0.240 e. The van der Waals surface area contributed by atoms with Gasteiger partial charge in [-0.25, -0.2) is 0 Å². The zero-order valence-electron chi connectivity index (χ0n) is 18.7. The predicted molar refractivity (Wildman–Crippen MR) is 131 cm³/mol. The van der Waals surface area contributed by atoms with Crippen LogP contribution in [0.2, 0.25) is 0 Å². The van der Waals surface area contributed by atoms with E-state index in [1.807, 2.05) is 65.6 Å². The first-order chi connectivity index (χ1) is 16.8. The fourth-order valence-corrected chi connectivity index (χ4v) is 5.06. The van der Waals surface area contributed by atoms with Gasteiger partial charge in [-0.15, -0.1) is 10.2 Å². The number of hydrogen-bond acceptors (Lipinski definition) is 6. The molecule has 172 valence electrons. The Hall–Kier alpha value is -3.49. The second-order valence-electron chi connectivity index (χ2n) is 7.97. The van der Waals surface area contributed by atoms with Gasteiger partial charge in [0, 0.05) is 31.0 Å². The first kappa shape index (κ1) is 22.3. The molecule has 1 amide bonds. The lowest BCUT2D eigenvalue weighted by molar-refractivity contribution is -0.134. The molecular formula is C26H25N5O2S. The number of nitrogens with zero attached hydrogens (tertiary/aromatic N) is 5. The average molecular weight is 472 g/mol. The van der Waals surface area contributed by atoms with Crippen molar-refractivity contribution in [1.29, 1.82) is 0 Å². The number of rotatable bonds is 7. The fraction of sp³-hybridized carbons (Fsp3) is 0.231. The summed E-state index contributed by atoms with van der Waals surface area (Å²) in [6, 6.07) is 23.9. The zero-order valence-corrected chi connectivity index (χ0v) is 19.5. The van der Waals surface area contributed by atoms with Gasteiger partial charge in [0.2, 0.25) is 5.91 Å². The molecule has 0 N–H and O–H groups in total. The molecule has 1 saturated heterocycles. The van der Waals surface area contributed by atoms with Crippen LogP contribution in [0.4, 0.5) is 0 Å². The monoisotopic (exact) mass is 471 g/mol. The number of pyridine rings is 1. The molecule has 1 atom stereocenters. The van der Waals surface area contributed by atoms with Gasteiger partial charge >= 0.3 is 0 Å². The summed E-state index contributed by atoms with van der Waals surface area (Å²) in [5.41, 5.74) is 2.96. The molecule has 1 aliphatic rings. The third kappa shape index (κ3) is 5.03. The maximum absolute atomic E-state index is 13.6. The summed E-state index contributed by atoms with van der Waals surface area (Å²) in [6.45, 7) is 2.91. The molecule has 34 heavy (non-hydrogen) atoms. The van der Waals surface area contributed by atoms with Gasteiger partial charge in [0.25, 0.3) is 0 Å². The van der Waals surface area contributed by atoms with Gasteiger partial charge in [-0.2, -0.15) is 0 Å². The first-order valence-electron chi connectivity index (χ1n) is 11.3. The molecule has 0 saturated carbocycles. The van der Waals surface area contributed by atoms with Crippen molar-refractivity contribution in [2.45, 2.75) is 17.0 Å². The number of carbonyl (C=O) groups is 1. The number of amides is 1. The summed E-state index contributed by atoms with van der Waals surface area (Å²) in [7, 11) is 0. The predicted octanol–water partition coefficient (Wildman–Crippen LogP) is 4.08. The molecule has 4 aromatic rings. The van der Waals surface area contributed by atoms with E-state index >= 15 is 0 Å². The molecular weight excluding hydrogens is 446 g/mol. The third-order valence-corrected chi connectivity index (χ3v) is 6.92. The highest BCUT2D eigenvalue weighted by Crippen LogP contribution is 2.37. The average Bonchev–Trinajstić information content (AvgIpc) is 3.31. The Balaban J connectivity index is 1.52. The third-order valence-electron chi connectivity index (χ3n) is 5.69. The van der Waals surface area contributed by atoms with E-state index < -0.39 is 5.25 Å². The molecule has 0 bridgehead atoms. The molecule has 7 nitrogen and oxygen atoms in total. The minimum absolute atomic E-state index is 0.0664. The molecule has 0 aliphatic carbocycles. The summed E-state index contributed by atoms with van der Waals surface area (Å²) in [5.74, 6) is 0.793. The fourth-order valence-electron chi connectivity index (χ4n) is 3.94. The molecule has 5 rings (SSSR count). The van der Waals surface area contributed by atoms with E-state index in [0.29, 0.717) is 38.0 Å². The molecule has 1 unspecified atom stereocenters. The Morgan fingerprint density at radius 2 is 1.68 bits per heavy atom. The zero-order chi connectivity index (χ0) is 23.2. The Morgan fingerprint density at radius 3 is 2.38 bits per heavy atom. The first-order valence-corrected chi connectivity index (χ1v) is 12.1. The van der Waals surface area contributed by atoms with Crippen LogP contribution in [0.25, 0.3) is 11.4 Å². The van der Waals surface area contributed by atoms with E-state index in [9.17, 15) is 4.79 Å². The quantitative estimate of drug-likeness (QED) is 0.378. The number of benzene rings is 2. The number of thioether (sulfide) groups is 1. The van der Waals surface area contributed by atoms with E-state index in [2.05, 4.69) is 31.9 Å². The summed E-state index contributed by atoms with van der Waals surface area (Å²) in [6.07, 6.45) is 3.52. The number of hydrogen-bond donors (Lipinski definition) is 0. The second-order valence-corrected chi connectivity index (χ2v) is 9.04. The topological polar surface area (TPSA) is 73.1 Å². The molecule has 8 heteroatoms. The summed E-state index contributed by atoms with van der Waals surface area (Å²) < 4.78 is 7.53.